The SMILES string of the molecule is CC(C)C[C@H](C)N1CC(Oc2cccc(N(C)C)c2F)=CC1=O. The largest absolute Gasteiger partial charge is 0.456 e. The molecule has 1 aliphatic rings. The number of hydrogen-bond donors (Lipinski definition) is 0. The highest BCUT2D eigenvalue weighted by Gasteiger charge is 2.28. The van der Waals surface area contributed by atoms with Crippen LogP contribution in [-0.2, 0) is 4.79 Å². The van der Waals surface area contributed by atoms with Crippen molar-refractivity contribution in [3.8, 4) is 5.75 Å². The van der Waals surface area contributed by atoms with Crippen LogP contribution in [0.15, 0.2) is 30.0 Å². The van der Waals surface area contributed by atoms with Crippen LogP contribution in [0, 0.1) is 11.7 Å². The van der Waals surface area contributed by atoms with E-state index in [2.05, 4.69) is 13.8 Å². The van der Waals surface area contributed by atoms with E-state index in [1.807, 2.05) is 6.92 Å². The fourth-order valence-electron chi connectivity index (χ4n) is 2.82. The van der Waals surface area contributed by atoms with Gasteiger partial charge in [-0.1, -0.05) is 19.9 Å². The molecule has 0 spiro atoms. The van der Waals surface area contributed by atoms with E-state index < -0.39 is 5.82 Å². The van der Waals surface area contributed by atoms with Crippen molar-refractivity contribution >= 4 is 11.6 Å². The minimum Gasteiger partial charge on any atom is -0.456 e. The average molecular weight is 320 g/mol. The zero-order valence-electron chi connectivity index (χ0n) is 14.5. The van der Waals surface area contributed by atoms with Gasteiger partial charge in [-0.2, -0.15) is 0 Å². The molecule has 5 heteroatoms. The molecule has 0 radical (unpaired) electrons. The van der Waals surface area contributed by atoms with Gasteiger partial charge in [-0.15, -0.1) is 0 Å². The molecule has 0 saturated carbocycles. The lowest BCUT2D eigenvalue weighted by Crippen LogP contribution is -2.36. The summed E-state index contributed by atoms with van der Waals surface area (Å²) in [5, 5.41) is 0. The van der Waals surface area contributed by atoms with Crippen LogP contribution in [0.2, 0.25) is 0 Å². The van der Waals surface area contributed by atoms with E-state index >= 15 is 0 Å². The van der Waals surface area contributed by atoms with Gasteiger partial charge in [-0.25, -0.2) is 4.39 Å². The molecule has 23 heavy (non-hydrogen) atoms. The highest BCUT2D eigenvalue weighted by atomic mass is 19.1. The number of halogens is 1. The number of hydrogen-bond acceptors (Lipinski definition) is 3. The standard InChI is InChI=1S/C18H25FN2O2/c1-12(2)9-13(3)21-11-14(10-17(21)22)23-16-8-6-7-15(18(16)19)20(4)5/h6-8,10,12-13H,9,11H2,1-5H3/t13-/m0/s1. The van der Waals surface area contributed by atoms with Gasteiger partial charge in [0.05, 0.1) is 12.2 Å². The monoisotopic (exact) mass is 320 g/mol. The van der Waals surface area contributed by atoms with Crippen LogP contribution in [0.5, 0.6) is 5.75 Å². The maximum absolute atomic E-state index is 14.4. The van der Waals surface area contributed by atoms with Crippen LogP contribution in [0.1, 0.15) is 27.2 Å². The number of ether oxygens (including phenoxy) is 1. The first-order chi connectivity index (χ1) is 10.8. The maximum atomic E-state index is 14.4. The van der Waals surface area contributed by atoms with Crippen LogP contribution in [0.4, 0.5) is 10.1 Å². The first kappa shape index (κ1) is 17.3. The summed E-state index contributed by atoms with van der Waals surface area (Å²) in [4.78, 5) is 15.6. The van der Waals surface area contributed by atoms with Crippen LogP contribution in [-0.4, -0.2) is 37.5 Å². The van der Waals surface area contributed by atoms with E-state index in [9.17, 15) is 9.18 Å². The molecule has 1 heterocycles. The maximum Gasteiger partial charge on any atom is 0.250 e. The minimum absolute atomic E-state index is 0.0719. The Bertz CT molecular complexity index is 611. The molecule has 126 valence electrons. The fraction of sp³-hybridized carbons (Fsp3) is 0.500. The third-order valence-corrected chi connectivity index (χ3v) is 3.90. The van der Waals surface area contributed by atoms with E-state index in [1.54, 1.807) is 42.1 Å². The first-order valence-electron chi connectivity index (χ1n) is 7.94. The summed E-state index contributed by atoms with van der Waals surface area (Å²) in [5.74, 6) is 0.655. The van der Waals surface area contributed by atoms with Crippen LogP contribution >= 0.6 is 0 Å². The molecule has 0 aliphatic carbocycles. The summed E-state index contributed by atoms with van der Waals surface area (Å²) < 4.78 is 20.1. The quantitative estimate of drug-likeness (QED) is 0.805. The third kappa shape index (κ3) is 4.03. The highest BCUT2D eigenvalue weighted by molar-refractivity contribution is 5.91. The third-order valence-electron chi connectivity index (χ3n) is 3.90. The van der Waals surface area contributed by atoms with E-state index in [4.69, 9.17) is 4.74 Å². The second-order valence-corrected chi connectivity index (χ2v) is 6.64. The highest BCUT2D eigenvalue weighted by Crippen LogP contribution is 2.29. The Labute approximate surface area is 137 Å². The molecule has 2 rings (SSSR count). The van der Waals surface area contributed by atoms with Crippen molar-refractivity contribution in [2.75, 3.05) is 25.5 Å². The van der Waals surface area contributed by atoms with Crippen molar-refractivity contribution in [2.24, 2.45) is 5.92 Å². The number of carbonyl (C=O) groups is 1. The molecule has 1 aromatic carbocycles. The molecular formula is C18H25FN2O2. The van der Waals surface area contributed by atoms with Gasteiger partial charge >= 0.3 is 0 Å². The summed E-state index contributed by atoms with van der Waals surface area (Å²) in [5.41, 5.74) is 0.456. The number of carbonyl (C=O) groups excluding carboxylic acids is 1. The van der Waals surface area contributed by atoms with E-state index in [1.165, 1.54) is 6.08 Å². The van der Waals surface area contributed by atoms with Crippen LogP contribution < -0.4 is 9.64 Å². The molecule has 1 aromatic rings. The Hall–Kier alpha value is -2.04. The van der Waals surface area contributed by atoms with Crippen molar-refractivity contribution in [3.05, 3.63) is 35.9 Å². The molecular weight excluding hydrogens is 295 g/mol. The normalized spacial score (nSPS) is 15.9. The lowest BCUT2D eigenvalue weighted by atomic mass is 10.0. The van der Waals surface area contributed by atoms with E-state index in [-0.39, 0.29) is 17.7 Å². The smallest absolute Gasteiger partial charge is 0.250 e. The predicted molar refractivity (Wildman–Crippen MR) is 90.1 cm³/mol. The van der Waals surface area contributed by atoms with Gasteiger partial charge in [0, 0.05) is 26.2 Å². The van der Waals surface area contributed by atoms with Gasteiger partial charge < -0.3 is 14.5 Å². The number of anilines is 1. The van der Waals surface area contributed by atoms with E-state index in [0.717, 1.165) is 6.42 Å². The zero-order chi connectivity index (χ0) is 17.1. The van der Waals surface area contributed by atoms with Gasteiger partial charge in [0.15, 0.2) is 11.6 Å². The average Bonchev–Trinajstić information content (AvgIpc) is 2.81. The van der Waals surface area contributed by atoms with Gasteiger partial charge in [-0.3, -0.25) is 4.79 Å². The minimum atomic E-state index is -0.417. The van der Waals surface area contributed by atoms with Crippen molar-refractivity contribution in [3.63, 3.8) is 0 Å². The first-order valence-corrected chi connectivity index (χ1v) is 7.94. The molecule has 0 saturated heterocycles. The number of rotatable bonds is 6. The summed E-state index contributed by atoms with van der Waals surface area (Å²) >= 11 is 0. The zero-order valence-corrected chi connectivity index (χ0v) is 14.5. The van der Waals surface area contributed by atoms with Gasteiger partial charge in [0.25, 0.3) is 5.91 Å². The van der Waals surface area contributed by atoms with Crippen LogP contribution in [0.3, 0.4) is 0 Å². The van der Waals surface area contributed by atoms with Crippen molar-refractivity contribution in [1.82, 2.24) is 4.90 Å². The number of nitrogens with zero attached hydrogens (tertiary/aromatic N) is 2. The number of benzene rings is 1. The summed E-state index contributed by atoms with van der Waals surface area (Å²) in [6.45, 7) is 6.67. The van der Waals surface area contributed by atoms with E-state index in [0.29, 0.717) is 23.9 Å². The van der Waals surface area contributed by atoms with Gasteiger partial charge in [-0.05, 0) is 31.4 Å². The summed E-state index contributed by atoms with van der Waals surface area (Å²) in [7, 11) is 3.55. The molecule has 0 N–H and O–H groups in total. The lowest BCUT2D eigenvalue weighted by molar-refractivity contribution is -0.126. The second-order valence-electron chi connectivity index (χ2n) is 6.64. The topological polar surface area (TPSA) is 32.8 Å². The molecule has 1 atom stereocenters. The molecule has 0 aromatic heterocycles. The Balaban J connectivity index is 2.10. The summed E-state index contributed by atoms with van der Waals surface area (Å²) in [6, 6.07) is 5.14. The Morgan fingerprint density at radius 3 is 2.61 bits per heavy atom. The molecule has 1 aliphatic heterocycles. The molecule has 0 fully saturated rings. The Morgan fingerprint density at radius 2 is 2.00 bits per heavy atom. The Morgan fingerprint density at radius 1 is 1.30 bits per heavy atom. The summed E-state index contributed by atoms with van der Waals surface area (Å²) in [6.07, 6.45) is 2.38. The molecule has 0 unspecified atom stereocenters. The molecule has 1 amide bonds. The lowest BCUT2D eigenvalue weighted by Gasteiger charge is -2.26. The van der Waals surface area contributed by atoms with Crippen LogP contribution in [0.25, 0.3) is 0 Å². The molecule has 0 bridgehead atoms. The van der Waals surface area contributed by atoms with Gasteiger partial charge in [0.1, 0.15) is 5.76 Å². The van der Waals surface area contributed by atoms with Crippen molar-refractivity contribution in [1.29, 1.82) is 0 Å². The Kier molecular flexibility index (Phi) is 5.29. The van der Waals surface area contributed by atoms with Gasteiger partial charge in [0.2, 0.25) is 0 Å². The second kappa shape index (κ2) is 7.02. The van der Waals surface area contributed by atoms with Crippen molar-refractivity contribution < 1.29 is 13.9 Å². The molecule has 4 nitrogen and oxygen atoms in total. The number of amides is 1. The fourth-order valence-corrected chi connectivity index (χ4v) is 2.82. The van der Waals surface area contributed by atoms with Crippen molar-refractivity contribution in [2.45, 2.75) is 33.2 Å². The predicted octanol–water partition coefficient (Wildman–Crippen LogP) is 3.43.